The van der Waals surface area contributed by atoms with Crippen LogP contribution in [-0.4, -0.2) is 66.8 Å². The zero-order valence-electron chi connectivity index (χ0n) is 20.4. The number of likely N-dealkylation sites (N-methyl/N-ethyl adjacent to an activating group) is 1. The maximum atomic E-state index is 14.9. The van der Waals surface area contributed by atoms with Crippen molar-refractivity contribution in [2.75, 3.05) is 52.3 Å². The number of para-hydroxylation sites is 1. The first-order valence-corrected chi connectivity index (χ1v) is 12.0. The van der Waals surface area contributed by atoms with Crippen LogP contribution in [0, 0.1) is 5.82 Å². The Labute approximate surface area is 209 Å². The number of halogens is 1. The van der Waals surface area contributed by atoms with Crippen LogP contribution in [0.3, 0.4) is 0 Å². The summed E-state index contributed by atoms with van der Waals surface area (Å²) in [4.78, 5) is 15.7. The molecule has 2 aromatic carbocycles. The minimum Gasteiger partial charge on any atom is -0.492 e. The number of fused-ring (bicyclic) bond motifs is 1. The number of morpholine rings is 1. The van der Waals surface area contributed by atoms with Gasteiger partial charge in [-0.25, -0.2) is 14.4 Å². The number of anilines is 2. The van der Waals surface area contributed by atoms with Crippen LogP contribution in [0.4, 0.5) is 16.0 Å². The van der Waals surface area contributed by atoms with Gasteiger partial charge in [0, 0.05) is 42.3 Å². The van der Waals surface area contributed by atoms with Gasteiger partial charge in [-0.15, -0.1) is 0 Å². The van der Waals surface area contributed by atoms with Crippen LogP contribution in [-0.2, 0) is 4.74 Å². The molecule has 186 valence electrons. The molecule has 1 fully saturated rings. The minimum absolute atomic E-state index is 0.0511. The number of benzene rings is 2. The van der Waals surface area contributed by atoms with Crippen LogP contribution in [0.1, 0.15) is 11.8 Å². The molecular weight excluding hydrogens is 459 g/mol. The van der Waals surface area contributed by atoms with E-state index in [1.165, 1.54) is 6.07 Å². The van der Waals surface area contributed by atoms with Gasteiger partial charge in [-0.1, -0.05) is 18.2 Å². The van der Waals surface area contributed by atoms with E-state index in [2.05, 4.69) is 20.6 Å². The summed E-state index contributed by atoms with van der Waals surface area (Å²) in [5, 5.41) is 7.33. The topological polar surface area (TPSA) is 84.4 Å². The molecule has 2 N–H and O–H groups in total. The van der Waals surface area contributed by atoms with Crippen LogP contribution >= 0.6 is 0 Å². The summed E-state index contributed by atoms with van der Waals surface area (Å²) in [6.45, 7) is 3.55. The third kappa shape index (κ3) is 5.59. The molecular formula is C27H29FN6O2. The van der Waals surface area contributed by atoms with E-state index in [1.807, 2.05) is 49.3 Å². The van der Waals surface area contributed by atoms with Gasteiger partial charge in [0.1, 0.15) is 24.3 Å². The summed E-state index contributed by atoms with van der Waals surface area (Å²) >= 11 is 0. The monoisotopic (exact) mass is 488 g/mol. The first-order valence-electron chi connectivity index (χ1n) is 12.0. The number of pyridine rings is 1. The minimum atomic E-state index is -0.338. The van der Waals surface area contributed by atoms with Crippen molar-refractivity contribution in [2.24, 2.45) is 0 Å². The summed E-state index contributed by atoms with van der Waals surface area (Å²) < 4.78 is 26.5. The largest absolute Gasteiger partial charge is 0.492 e. The smallest absolute Gasteiger partial charge is 0.227 e. The number of hydrogen-bond acceptors (Lipinski definition) is 8. The lowest BCUT2D eigenvalue weighted by molar-refractivity contribution is 0.0250. The highest BCUT2D eigenvalue weighted by molar-refractivity contribution is 5.94. The van der Waals surface area contributed by atoms with Crippen molar-refractivity contribution in [1.29, 1.82) is 0 Å². The van der Waals surface area contributed by atoms with Gasteiger partial charge in [0.05, 0.1) is 29.7 Å². The van der Waals surface area contributed by atoms with E-state index in [4.69, 9.17) is 14.5 Å². The Morgan fingerprint density at radius 1 is 1.11 bits per heavy atom. The molecule has 4 aromatic rings. The standard InChI is InChI=1S/C27H29FN6O2/c1-34(2)11-13-35-20-7-8-23(28)22(14-20)21-5-3-4-18-15-31-27(33-26(18)21)32-19-6-9-24(30-16-19)25-17-29-10-12-36-25/h3-9,14-16,25,29H,10-13,17H2,1-2H3,(H,31,32,33). The Hall–Kier alpha value is -3.66. The van der Waals surface area contributed by atoms with Gasteiger partial charge in [-0.3, -0.25) is 4.98 Å². The molecule has 1 aliphatic heterocycles. The van der Waals surface area contributed by atoms with Gasteiger partial charge in [-0.05, 0) is 44.4 Å². The van der Waals surface area contributed by atoms with Crippen LogP contribution in [0.15, 0.2) is 60.9 Å². The Morgan fingerprint density at radius 2 is 2.03 bits per heavy atom. The number of ether oxygens (including phenoxy) is 2. The molecule has 5 rings (SSSR count). The molecule has 8 nitrogen and oxygen atoms in total. The molecule has 0 radical (unpaired) electrons. The van der Waals surface area contributed by atoms with Crippen molar-refractivity contribution in [3.05, 3.63) is 72.4 Å². The highest BCUT2D eigenvalue weighted by Crippen LogP contribution is 2.32. The fourth-order valence-corrected chi connectivity index (χ4v) is 4.03. The third-order valence-corrected chi connectivity index (χ3v) is 5.95. The zero-order chi connectivity index (χ0) is 24.9. The molecule has 0 aliphatic carbocycles. The Morgan fingerprint density at radius 3 is 2.81 bits per heavy atom. The summed E-state index contributed by atoms with van der Waals surface area (Å²) in [5.41, 5.74) is 3.37. The SMILES string of the molecule is CN(C)CCOc1ccc(F)c(-c2cccc3cnc(Nc4ccc(C5CNCCO5)nc4)nc23)c1. The predicted molar refractivity (Wildman–Crippen MR) is 138 cm³/mol. The second kappa shape index (κ2) is 10.9. The second-order valence-electron chi connectivity index (χ2n) is 8.89. The highest BCUT2D eigenvalue weighted by atomic mass is 19.1. The number of hydrogen-bond donors (Lipinski definition) is 2. The van der Waals surface area contributed by atoms with E-state index >= 15 is 0 Å². The summed E-state index contributed by atoms with van der Waals surface area (Å²) in [6, 6.07) is 14.3. The van der Waals surface area contributed by atoms with Crippen LogP contribution < -0.4 is 15.4 Å². The molecule has 1 atom stereocenters. The summed E-state index contributed by atoms with van der Waals surface area (Å²) in [5.74, 6) is 0.676. The molecule has 3 heterocycles. The Bertz CT molecular complexity index is 1330. The molecule has 0 amide bonds. The average Bonchev–Trinajstić information content (AvgIpc) is 2.90. The number of nitrogens with zero attached hydrogens (tertiary/aromatic N) is 4. The van der Waals surface area contributed by atoms with Crippen LogP contribution in [0.5, 0.6) is 5.75 Å². The normalized spacial score (nSPS) is 15.8. The molecule has 9 heteroatoms. The van der Waals surface area contributed by atoms with E-state index in [1.54, 1.807) is 24.5 Å². The van der Waals surface area contributed by atoms with Gasteiger partial charge in [0.2, 0.25) is 5.95 Å². The lowest BCUT2D eigenvalue weighted by Gasteiger charge is -2.23. The number of aromatic nitrogens is 3. The fraction of sp³-hybridized carbons (Fsp3) is 0.296. The van der Waals surface area contributed by atoms with E-state index < -0.39 is 0 Å². The molecule has 1 aliphatic rings. The Balaban J connectivity index is 1.40. The zero-order valence-corrected chi connectivity index (χ0v) is 20.4. The second-order valence-corrected chi connectivity index (χ2v) is 8.89. The van der Waals surface area contributed by atoms with E-state index in [0.717, 1.165) is 36.4 Å². The molecule has 2 aromatic heterocycles. The summed E-state index contributed by atoms with van der Waals surface area (Å²) in [6.07, 6.45) is 3.41. The van der Waals surface area contributed by atoms with Gasteiger partial charge in [0.25, 0.3) is 0 Å². The van der Waals surface area contributed by atoms with E-state index in [0.29, 0.717) is 41.6 Å². The van der Waals surface area contributed by atoms with Crippen molar-refractivity contribution in [1.82, 2.24) is 25.2 Å². The maximum absolute atomic E-state index is 14.9. The lowest BCUT2D eigenvalue weighted by Crippen LogP contribution is -2.33. The first-order chi connectivity index (χ1) is 17.6. The van der Waals surface area contributed by atoms with Gasteiger partial charge in [-0.2, -0.15) is 0 Å². The van der Waals surface area contributed by atoms with E-state index in [9.17, 15) is 4.39 Å². The van der Waals surface area contributed by atoms with Crippen molar-refractivity contribution in [2.45, 2.75) is 6.10 Å². The molecule has 1 saturated heterocycles. The van der Waals surface area contributed by atoms with Crippen molar-refractivity contribution < 1.29 is 13.9 Å². The Kier molecular flexibility index (Phi) is 7.31. The molecule has 1 unspecified atom stereocenters. The average molecular weight is 489 g/mol. The van der Waals surface area contributed by atoms with Gasteiger partial charge in [0.15, 0.2) is 0 Å². The molecule has 0 bridgehead atoms. The first kappa shape index (κ1) is 24.1. The van der Waals surface area contributed by atoms with E-state index in [-0.39, 0.29) is 11.9 Å². The number of nitrogens with one attached hydrogen (secondary N) is 2. The summed E-state index contributed by atoms with van der Waals surface area (Å²) in [7, 11) is 3.96. The van der Waals surface area contributed by atoms with Gasteiger partial charge < -0.3 is 25.0 Å². The quantitative estimate of drug-likeness (QED) is 0.382. The van der Waals surface area contributed by atoms with Crippen molar-refractivity contribution in [3.63, 3.8) is 0 Å². The van der Waals surface area contributed by atoms with Crippen molar-refractivity contribution >= 4 is 22.5 Å². The fourth-order valence-electron chi connectivity index (χ4n) is 4.03. The molecule has 36 heavy (non-hydrogen) atoms. The molecule has 0 saturated carbocycles. The predicted octanol–water partition coefficient (Wildman–Crippen LogP) is 4.18. The lowest BCUT2D eigenvalue weighted by atomic mass is 10.0. The maximum Gasteiger partial charge on any atom is 0.227 e. The molecule has 0 spiro atoms. The van der Waals surface area contributed by atoms with Gasteiger partial charge >= 0.3 is 0 Å². The third-order valence-electron chi connectivity index (χ3n) is 5.95. The van der Waals surface area contributed by atoms with Crippen LogP contribution in [0.25, 0.3) is 22.0 Å². The van der Waals surface area contributed by atoms with Crippen molar-refractivity contribution in [3.8, 4) is 16.9 Å². The number of rotatable bonds is 8. The highest BCUT2D eigenvalue weighted by Gasteiger charge is 2.17. The van der Waals surface area contributed by atoms with Crippen LogP contribution in [0.2, 0.25) is 0 Å².